The second-order valence-corrected chi connectivity index (χ2v) is 12.5. The maximum atomic E-state index is 13.5. The van der Waals surface area contributed by atoms with Crippen LogP contribution in [0.5, 0.6) is 0 Å². The number of allylic oxidation sites excluding steroid dienone is 3. The molecule has 1 aromatic rings. The number of benzene rings is 1. The van der Waals surface area contributed by atoms with E-state index in [9.17, 15) is 42.7 Å². The summed E-state index contributed by atoms with van der Waals surface area (Å²) in [5.41, 5.74) is 1.78. The molecular formula is C36H51F2N5O7. The van der Waals surface area contributed by atoms with Crippen molar-refractivity contribution in [3.8, 4) is 0 Å². The van der Waals surface area contributed by atoms with Crippen molar-refractivity contribution >= 4 is 46.8 Å². The molecule has 0 bridgehead atoms. The number of rotatable bonds is 20. The Hall–Kier alpha value is -4.62. The molecule has 0 saturated carbocycles. The van der Waals surface area contributed by atoms with Crippen LogP contribution in [0.4, 0.5) is 14.5 Å². The van der Waals surface area contributed by atoms with E-state index in [0.717, 1.165) is 17.7 Å². The number of likely N-dealkylation sites (tertiary alicyclic amines) is 1. The highest BCUT2D eigenvalue weighted by Gasteiger charge is 2.40. The molecule has 1 aliphatic rings. The fourth-order valence-electron chi connectivity index (χ4n) is 5.52. The molecule has 50 heavy (non-hydrogen) atoms. The van der Waals surface area contributed by atoms with Crippen LogP contribution in [-0.4, -0.2) is 84.2 Å². The fourth-order valence-corrected chi connectivity index (χ4v) is 5.52. The number of alkyl halides is 2. The van der Waals surface area contributed by atoms with E-state index in [2.05, 4.69) is 21.3 Å². The summed E-state index contributed by atoms with van der Waals surface area (Å²) in [7, 11) is 0. The van der Waals surface area contributed by atoms with Gasteiger partial charge in [0.25, 0.3) is 11.8 Å². The molecule has 0 aromatic heterocycles. The average molecular weight is 704 g/mol. The number of nitrogens with zero attached hydrogens (tertiary/aromatic N) is 1. The van der Waals surface area contributed by atoms with Gasteiger partial charge in [0.15, 0.2) is 0 Å². The van der Waals surface area contributed by atoms with Crippen molar-refractivity contribution in [3.05, 3.63) is 47.6 Å². The third-order valence-electron chi connectivity index (χ3n) is 8.39. The summed E-state index contributed by atoms with van der Waals surface area (Å²) in [6.45, 7) is 6.64. The minimum absolute atomic E-state index is 0.0322. The van der Waals surface area contributed by atoms with E-state index in [1.807, 2.05) is 26.8 Å². The number of hydrogen-bond acceptors (Lipinski definition) is 6. The predicted molar refractivity (Wildman–Crippen MR) is 186 cm³/mol. The number of aryl methyl sites for hydroxylation is 1. The summed E-state index contributed by atoms with van der Waals surface area (Å²) >= 11 is 0. The largest absolute Gasteiger partial charge is 0.481 e. The van der Waals surface area contributed by atoms with Gasteiger partial charge in [-0.15, -0.1) is 0 Å². The monoisotopic (exact) mass is 703 g/mol. The maximum absolute atomic E-state index is 13.5. The van der Waals surface area contributed by atoms with Gasteiger partial charge in [-0.2, -0.15) is 0 Å². The summed E-state index contributed by atoms with van der Waals surface area (Å²) < 4.78 is 27.1. The number of amides is 5. The molecule has 14 heteroatoms. The van der Waals surface area contributed by atoms with Crippen LogP contribution < -0.4 is 21.3 Å². The quantitative estimate of drug-likeness (QED) is 0.0769. The van der Waals surface area contributed by atoms with Gasteiger partial charge in [-0.05, 0) is 55.0 Å². The van der Waals surface area contributed by atoms with E-state index in [4.69, 9.17) is 0 Å². The Kier molecular flexibility index (Phi) is 17.3. The van der Waals surface area contributed by atoms with E-state index >= 15 is 0 Å². The van der Waals surface area contributed by atoms with Crippen molar-refractivity contribution in [3.63, 3.8) is 0 Å². The number of carbonyl (C=O) groups is 6. The molecule has 2 rings (SSSR count). The van der Waals surface area contributed by atoms with Crippen molar-refractivity contribution in [2.45, 2.75) is 85.0 Å². The zero-order chi connectivity index (χ0) is 37.3. The number of halogens is 2. The van der Waals surface area contributed by atoms with Gasteiger partial charge in [0.2, 0.25) is 23.6 Å². The van der Waals surface area contributed by atoms with Gasteiger partial charge in [-0.25, -0.2) is 8.78 Å². The fraction of sp³-hybridized carbons (Fsp3) is 0.556. The Morgan fingerprint density at radius 1 is 0.960 bits per heavy atom. The maximum Gasteiger partial charge on any atom is 0.306 e. The number of carboxylic acids is 1. The Bertz CT molecular complexity index is 1430. The molecule has 2 unspecified atom stereocenters. The molecule has 5 N–H and O–H groups in total. The zero-order valence-corrected chi connectivity index (χ0v) is 29.4. The van der Waals surface area contributed by atoms with Crippen molar-refractivity contribution < 1.29 is 42.7 Å². The molecule has 5 amide bonds. The minimum Gasteiger partial charge on any atom is -0.481 e. The van der Waals surface area contributed by atoms with Gasteiger partial charge < -0.3 is 31.3 Å². The van der Waals surface area contributed by atoms with E-state index < -0.39 is 60.9 Å². The molecule has 276 valence electrons. The number of carbonyl (C=O) groups excluding carboxylic acids is 5. The minimum atomic E-state index is -2.94. The van der Waals surface area contributed by atoms with Gasteiger partial charge in [-0.3, -0.25) is 28.8 Å². The van der Waals surface area contributed by atoms with Crippen molar-refractivity contribution in [2.75, 3.05) is 38.0 Å². The molecule has 1 fully saturated rings. The van der Waals surface area contributed by atoms with Gasteiger partial charge in [0.1, 0.15) is 0 Å². The first-order valence-electron chi connectivity index (χ1n) is 17.1. The summed E-state index contributed by atoms with van der Waals surface area (Å²) in [5, 5.41) is 20.0. The molecule has 0 aliphatic carbocycles. The molecule has 1 heterocycles. The summed E-state index contributed by atoms with van der Waals surface area (Å²) in [6.07, 6.45) is 7.08. The van der Waals surface area contributed by atoms with E-state index in [0.29, 0.717) is 23.2 Å². The Balaban J connectivity index is 1.87. The molecule has 1 aromatic carbocycles. The van der Waals surface area contributed by atoms with Crippen LogP contribution in [0.2, 0.25) is 0 Å². The lowest BCUT2D eigenvalue weighted by Gasteiger charge is -2.19. The number of carboxylic acid groups (broad SMARTS) is 1. The summed E-state index contributed by atoms with van der Waals surface area (Å²) in [4.78, 5) is 75.3. The van der Waals surface area contributed by atoms with Crippen LogP contribution in [0.3, 0.4) is 0 Å². The van der Waals surface area contributed by atoms with Gasteiger partial charge in [0.05, 0.1) is 19.0 Å². The van der Waals surface area contributed by atoms with Crippen molar-refractivity contribution in [1.82, 2.24) is 20.9 Å². The standard InChI is InChI=1S/C36H51F2N5O7/c1-5-7-8-10-28(34(48)41-22-33(47)43-20-17-36(37,38)23-43)29-21-26(12-11-25(29)4)42-32(46)16-15-31(45)40-19-18-39-30(44)14-13-27(35(49)50)24(3)9-6-2/h7-8,10-12,21,24,27H,5-6,9,13-20,22-23H2,1-4H3,(H,39,44)(H,40,45)(H,41,48)(H,42,46)(H,49,50)/b8-7+,28-10+. The summed E-state index contributed by atoms with van der Waals surface area (Å²) in [5.74, 6) is -6.81. The highest BCUT2D eigenvalue weighted by molar-refractivity contribution is 6.21. The Morgan fingerprint density at radius 2 is 1.62 bits per heavy atom. The molecule has 1 saturated heterocycles. The molecule has 0 radical (unpaired) electrons. The smallest absolute Gasteiger partial charge is 0.306 e. The lowest BCUT2D eigenvalue weighted by Crippen LogP contribution is -2.40. The highest BCUT2D eigenvalue weighted by Crippen LogP contribution is 2.27. The second-order valence-electron chi connectivity index (χ2n) is 12.5. The molecular weight excluding hydrogens is 652 g/mol. The second kappa shape index (κ2) is 20.8. The predicted octanol–water partition coefficient (Wildman–Crippen LogP) is 4.20. The normalized spacial score (nSPS) is 15.3. The summed E-state index contributed by atoms with van der Waals surface area (Å²) in [6, 6.07) is 4.96. The highest BCUT2D eigenvalue weighted by atomic mass is 19.3. The number of anilines is 1. The number of nitrogens with one attached hydrogen (secondary N) is 4. The van der Waals surface area contributed by atoms with Crippen LogP contribution in [0, 0.1) is 18.8 Å². The van der Waals surface area contributed by atoms with Crippen molar-refractivity contribution in [1.29, 1.82) is 0 Å². The lowest BCUT2D eigenvalue weighted by molar-refractivity contribution is -0.144. The zero-order valence-electron chi connectivity index (χ0n) is 29.4. The lowest BCUT2D eigenvalue weighted by atomic mass is 9.86. The van der Waals surface area contributed by atoms with Crippen molar-refractivity contribution in [2.24, 2.45) is 11.8 Å². The first-order valence-corrected chi connectivity index (χ1v) is 17.1. The third-order valence-corrected chi connectivity index (χ3v) is 8.39. The Labute approximate surface area is 292 Å². The molecule has 1 aliphatic heterocycles. The van der Waals surface area contributed by atoms with Crippen LogP contribution in [-0.2, 0) is 28.8 Å². The molecule has 0 spiro atoms. The van der Waals surface area contributed by atoms with E-state index in [1.165, 1.54) is 0 Å². The van der Waals surface area contributed by atoms with Crippen LogP contribution in [0.15, 0.2) is 36.4 Å². The third kappa shape index (κ3) is 14.5. The number of hydrogen-bond donors (Lipinski definition) is 5. The van der Waals surface area contributed by atoms with Gasteiger partial charge in [-0.1, -0.05) is 51.8 Å². The van der Waals surface area contributed by atoms with Crippen LogP contribution in [0.25, 0.3) is 5.57 Å². The van der Waals surface area contributed by atoms with Gasteiger partial charge in [0, 0.05) is 56.6 Å². The Morgan fingerprint density at radius 3 is 2.22 bits per heavy atom. The SMILES string of the molecule is CC/C=C/C=C(/C(=O)NCC(=O)N1CCC(F)(F)C1)c1cc(NC(=O)CCC(=O)NCCNC(=O)CCC(C(=O)O)C(C)CCC)ccc1C. The topological polar surface area (TPSA) is 174 Å². The van der Waals surface area contributed by atoms with E-state index in [-0.39, 0.29) is 62.7 Å². The van der Waals surface area contributed by atoms with E-state index in [1.54, 1.807) is 37.3 Å². The van der Waals surface area contributed by atoms with Crippen LogP contribution in [0.1, 0.15) is 83.3 Å². The number of aliphatic carboxylic acids is 1. The first-order chi connectivity index (χ1) is 23.7. The van der Waals surface area contributed by atoms with Gasteiger partial charge >= 0.3 is 5.97 Å². The molecule has 12 nitrogen and oxygen atoms in total. The molecule has 2 atom stereocenters. The first kappa shape index (κ1) is 41.6. The average Bonchev–Trinajstić information content (AvgIpc) is 3.43. The van der Waals surface area contributed by atoms with Crippen LogP contribution >= 0.6 is 0 Å².